The number of ketones is 2. The minimum Gasteiger partial charge on any atom is -0.289 e. The van der Waals surface area contributed by atoms with Crippen LogP contribution in [0.5, 0.6) is 0 Å². The van der Waals surface area contributed by atoms with Crippen molar-refractivity contribution in [3.63, 3.8) is 0 Å². The highest BCUT2D eigenvalue weighted by molar-refractivity contribution is 7.31. The maximum absolute atomic E-state index is 15.1. The van der Waals surface area contributed by atoms with Crippen LogP contribution in [0.3, 0.4) is 0 Å². The van der Waals surface area contributed by atoms with Crippen LogP contribution in [0.1, 0.15) is 239 Å². The number of unbranched alkanes of at least 4 members (excludes halogenated alkanes) is 12. The molecule has 13 aromatic rings. The molecule has 0 unspecified atom stereocenters. The Balaban J connectivity index is 0.929. The highest BCUT2D eigenvalue weighted by atomic mass is 32.1. The molecule has 542 valence electrons. The van der Waals surface area contributed by atoms with Crippen molar-refractivity contribution < 1.29 is 9.59 Å². The first-order chi connectivity index (χ1) is 54.0. The van der Waals surface area contributed by atoms with Gasteiger partial charge < -0.3 is 0 Å². The van der Waals surface area contributed by atoms with Gasteiger partial charge in [-0.1, -0.05) is 202 Å². The van der Waals surface area contributed by atoms with Gasteiger partial charge in [0.2, 0.25) is 0 Å². The van der Waals surface area contributed by atoms with Gasteiger partial charge in [-0.3, -0.25) is 9.59 Å². The Bertz CT molecular complexity index is 5650. The zero-order valence-corrected chi connectivity index (χ0v) is 67.4. The molecule has 4 aliphatic carbocycles. The van der Waals surface area contributed by atoms with Crippen LogP contribution in [0, 0.1) is 35.8 Å². The second-order valence-corrected chi connectivity index (χ2v) is 36.3. The number of nitrogens with zero attached hydrogens (tertiary/aromatic N) is 4. The molecule has 6 aromatic heterocycles. The molecular formula is C98H82N4O2S6. The molecule has 0 amide bonds. The van der Waals surface area contributed by atoms with Gasteiger partial charge in [-0.25, -0.2) is 20.2 Å². The molecule has 0 bridgehead atoms. The minimum atomic E-state index is -0.847. The molecule has 12 heteroatoms. The molecule has 0 saturated heterocycles. The SMILES string of the molecule is [C-]#[N+]/C(C#N)=C1\C(=C\c2cc3sc4c(c3s2)C(c2ccc(CCCCCC)cc2)(c2ccc(CCCCCC)cc2)c2cc3c(cc2-4)C(c2ccc(CCCCCC)cc2)(c2ccc(CCCCCC)cc2)c2c-3sc3cc(/C=C4\C(=O)c5cc6ccsc6cc5\C4=C(\C#N)[N+]#[C-])sc23)C(=O)c2cc3ccsc3cc21. The second kappa shape index (κ2) is 30.7. The molecule has 0 radical (unpaired) electrons. The quantitative estimate of drug-likeness (QED) is 0.0234. The van der Waals surface area contributed by atoms with Crippen LogP contribution in [0.15, 0.2) is 191 Å². The first-order valence-corrected chi connectivity index (χ1v) is 44.3. The summed E-state index contributed by atoms with van der Waals surface area (Å²) in [4.78, 5) is 41.9. The molecule has 6 nitrogen and oxygen atoms in total. The average Bonchev–Trinajstić information content (AvgIpc) is 1.49. The summed E-state index contributed by atoms with van der Waals surface area (Å²) in [5, 5.41) is 27.2. The predicted molar refractivity (Wildman–Crippen MR) is 465 cm³/mol. The molecule has 110 heavy (non-hydrogen) atoms. The predicted octanol–water partition coefficient (Wildman–Crippen LogP) is 28.8. The standard InChI is InChI=1S/C98H82N4O2S6/c1-7-11-15-19-23-59-27-35-65(36-28-59)97(66-37-29-60(30-38-66)24-20-16-12-8-2)79-53-76-80(54-75(79)93-89(97)95-85(109-93)51-69(107-95)49-77-87(81(57-99)101-5)71-55-83-63(43-45-105-83)47-73(71)91(77)103)98(67-39-31-61(32-40-67)25-21-17-13-9-3,68-41-33-62(34-42-68)26-22-18-14-10-4)90-94(76)110-86-52-70(108-96(86)90)50-78-88(82(58-100)102-6)72-56-84-64(44-46-106-84)48-74(72)92(78)104/h27-56H,7-26H2,1-4H3/b77-49-,78-50-,87-81-,88-82+. The van der Waals surface area contributed by atoms with E-state index in [9.17, 15) is 10.5 Å². The van der Waals surface area contributed by atoms with Gasteiger partial charge in [-0.05, 0) is 224 Å². The molecular weight excluding hydrogens is 1460 g/mol. The Morgan fingerprint density at radius 3 is 1.04 bits per heavy atom. The monoisotopic (exact) mass is 1540 g/mol. The molecule has 0 aliphatic heterocycles. The second-order valence-electron chi connectivity index (χ2n) is 30.2. The lowest BCUT2D eigenvalue weighted by atomic mass is 9.65. The van der Waals surface area contributed by atoms with Crippen molar-refractivity contribution >= 4 is 142 Å². The van der Waals surface area contributed by atoms with Gasteiger partial charge in [-0.15, -0.1) is 68.0 Å². The summed E-state index contributed by atoms with van der Waals surface area (Å²) >= 11 is 10.2. The highest BCUT2D eigenvalue weighted by Gasteiger charge is 2.55. The first-order valence-electron chi connectivity index (χ1n) is 39.3. The van der Waals surface area contributed by atoms with Crippen molar-refractivity contribution in [2.45, 2.75) is 167 Å². The number of hydrogen-bond donors (Lipinski definition) is 0. The number of Topliss-reactive ketones (excluding diaryl/α,β-unsaturated/α-hetero) is 2. The first kappa shape index (κ1) is 72.9. The van der Waals surface area contributed by atoms with Crippen molar-refractivity contribution in [1.82, 2.24) is 0 Å². The summed E-state index contributed by atoms with van der Waals surface area (Å²) in [7, 11) is 0. The zero-order valence-electron chi connectivity index (χ0n) is 62.5. The van der Waals surface area contributed by atoms with E-state index in [-0.39, 0.29) is 23.0 Å². The lowest BCUT2D eigenvalue weighted by molar-refractivity contribution is 0.103. The molecule has 0 saturated carbocycles. The summed E-state index contributed by atoms with van der Waals surface area (Å²) in [5.74, 6) is -0.358. The maximum Gasteiger partial charge on any atom is 0.270 e. The molecule has 0 atom stereocenters. The number of fused-ring (bicyclic) bond motifs is 14. The van der Waals surface area contributed by atoms with Gasteiger partial charge in [0.15, 0.2) is 11.6 Å². The van der Waals surface area contributed by atoms with Crippen LogP contribution < -0.4 is 0 Å². The van der Waals surface area contributed by atoms with E-state index in [1.807, 2.05) is 82.0 Å². The summed E-state index contributed by atoms with van der Waals surface area (Å²) in [5.41, 5.74) is 19.3. The van der Waals surface area contributed by atoms with Crippen molar-refractivity contribution in [3.8, 4) is 33.0 Å². The Hall–Kier alpha value is -9.96. The average molecular weight is 1540 g/mol. The van der Waals surface area contributed by atoms with Gasteiger partial charge in [0.05, 0.1) is 45.5 Å². The molecule has 0 fully saturated rings. The highest BCUT2D eigenvalue weighted by Crippen LogP contribution is 2.68. The van der Waals surface area contributed by atoms with E-state index < -0.39 is 10.8 Å². The Kier molecular flexibility index (Phi) is 20.4. The van der Waals surface area contributed by atoms with Gasteiger partial charge in [0, 0.05) is 82.9 Å². The number of rotatable bonds is 26. The van der Waals surface area contributed by atoms with Crippen molar-refractivity contribution in [3.05, 3.63) is 313 Å². The summed E-state index contributed by atoms with van der Waals surface area (Å²) in [6.45, 7) is 25.7. The summed E-state index contributed by atoms with van der Waals surface area (Å²) < 4.78 is 6.51. The minimum absolute atomic E-state index is 0.0891. The molecule has 7 aromatic carbocycles. The molecule has 0 N–H and O–H groups in total. The van der Waals surface area contributed by atoms with E-state index in [2.05, 4.69) is 171 Å². The van der Waals surface area contributed by atoms with Crippen LogP contribution in [-0.4, -0.2) is 11.6 Å². The number of carbonyl (C=O) groups excluding carboxylic acids is 2. The van der Waals surface area contributed by atoms with E-state index in [0.29, 0.717) is 44.5 Å². The molecule has 4 aliphatic rings. The Morgan fingerprint density at radius 2 is 0.727 bits per heavy atom. The van der Waals surface area contributed by atoms with Crippen LogP contribution >= 0.6 is 68.0 Å². The number of carbonyl (C=O) groups is 2. The van der Waals surface area contributed by atoms with Crippen molar-refractivity contribution in [2.24, 2.45) is 0 Å². The fraction of sp³-hybridized carbons (Fsp3) is 0.265. The van der Waals surface area contributed by atoms with E-state index in [0.717, 1.165) is 100 Å². The Morgan fingerprint density at radius 1 is 0.391 bits per heavy atom. The summed E-state index contributed by atoms with van der Waals surface area (Å²) in [6, 6.07) is 64.6. The number of nitriles is 2. The van der Waals surface area contributed by atoms with E-state index in [4.69, 9.17) is 13.1 Å². The van der Waals surface area contributed by atoms with Crippen LogP contribution in [0.2, 0.25) is 0 Å². The normalized spacial score (nSPS) is 15.9. The number of aryl methyl sites for hydroxylation is 4. The lowest BCUT2D eigenvalue weighted by Crippen LogP contribution is -2.30. The van der Waals surface area contributed by atoms with E-state index in [1.165, 1.54) is 165 Å². The third kappa shape index (κ3) is 12.3. The van der Waals surface area contributed by atoms with E-state index in [1.54, 1.807) is 45.3 Å². The van der Waals surface area contributed by atoms with Crippen LogP contribution in [0.25, 0.3) is 92.8 Å². The third-order valence-corrected chi connectivity index (χ3v) is 30.1. The topological polar surface area (TPSA) is 90.4 Å². The smallest absolute Gasteiger partial charge is 0.270 e. The van der Waals surface area contributed by atoms with Gasteiger partial charge in [-0.2, -0.15) is 0 Å². The van der Waals surface area contributed by atoms with E-state index >= 15 is 9.59 Å². The van der Waals surface area contributed by atoms with Crippen molar-refractivity contribution in [2.75, 3.05) is 0 Å². The van der Waals surface area contributed by atoms with Crippen molar-refractivity contribution in [1.29, 1.82) is 10.5 Å². The molecule has 0 spiro atoms. The molecule has 17 rings (SSSR count). The van der Waals surface area contributed by atoms with Gasteiger partial charge >= 0.3 is 0 Å². The fourth-order valence-electron chi connectivity index (χ4n) is 18.1. The number of allylic oxidation sites excluding steroid dienone is 6. The maximum atomic E-state index is 15.1. The van der Waals surface area contributed by atoms with Gasteiger partial charge in [0.25, 0.3) is 11.4 Å². The largest absolute Gasteiger partial charge is 0.289 e. The summed E-state index contributed by atoms with van der Waals surface area (Å²) in [6.07, 6.45) is 26.8. The lowest BCUT2D eigenvalue weighted by Gasteiger charge is -2.36. The molecule has 6 heterocycles. The number of hydrogen-bond acceptors (Lipinski definition) is 10. The van der Waals surface area contributed by atoms with Crippen LogP contribution in [-0.2, 0) is 36.5 Å². The number of benzene rings is 7. The van der Waals surface area contributed by atoms with Crippen LogP contribution in [0.4, 0.5) is 0 Å². The number of thiophene rings is 6. The Labute approximate surface area is 669 Å². The third-order valence-electron chi connectivity index (χ3n) is 23.5. The van der Waals surface area contributed by atoms with Gasteiger partial charge in [0.1, 0.15) is 0 Å². The fourth-order valence-corrected chi connectivity index (χ4v) is 25.2. The zero-order chi connectivity index (χ0) is 75.4.